The van der Waals surface area contributed by atoms with E-state index >= 15 is 0 Å². The van der Waals surface area contributed by atoms with E-state index in [4.69, 9.17) is 4.99 Å². The first-order valence-electron chi connectivity index (χ1n) is 7.87. The number of benzene rings is 2. The number of aliphatic imine (C=N–C) groups is 1. The summed E-state index contributed by atoms with van der Waals surface area (Å²) in [5.74, 6) is 0.980. The van der Waals surface area contributed by atoms with E-state index in [1.54, 1.807) is 0 Å². The van der Waals surface area contributed by atoms with Crippen molar-refractivity contribution in [2.75, 3.05) is 11.9 Å². The van der Waals surface area contributed by atoms with E-state index in [9.17, 15) is 4.79 Å². The molecule has 0 N–H and O–H groups in total. The molecule has 0 aliphatic carbocycles. The lowest BCUT2D eigenvalue weighted by atomic mass is 9.69. The van der Waals surface area contributed by atoms with Gasteiger partial charge in [-0.1, -0.05) is 42.5 Å². The number of nitrogens with zero attached hydrogens (tertiary/aromatic N) is 2. The highest BCUT2D eigenvalue weighted by Crippen LogP contribution is 2.49. The Hall–Kier alpha value is -2.68. The Labute approximate surface area is 136 Å². The molecule has 2 aromatic carbocycles. The van der Waals surface area contributed by atoms with E-state index in [0.29, 0.717) is 6.42 Å². The van der Waals surface area contributed by atoms with Gasteiger partial charge in [0.2, 0.25) is 0 Å². The second-order valence-electron chi connectivity index (χ2n) is 6.04. The minimum atomic E-state index is -0.702. The number of carbonyl (C=O) groups is 1. The van der Waals surface area contributed by atoms with Gasteiger partial charge in [0, 0.05) is 12.6 Å². The van der Waals surface area contributed by atoms with Crippen molar-refractivity contribution in [2.24, 2.45) is 4.99 Å². The predicted octanol–water partition coefficient (Wildman–Crippen LogP) is 4.27. The molecule has 3 nitrogen and oxygen atoms in total. The van der Waals surface area contributed by atoms with Gasteiger partial charge in [-0.2, -0.15) is 0 Å². The van der Waals surface area contributed by atoms with Crippen LogP contribution >= 0.6 is 0 Å². The minimum Gasteiger partial charge on any atom is -0.331 e. The third-order valence-corrected chi connectivity index (χ3v) is 4.85. The van der Waals surface area contributed by atoms with Crippen molar-refractivity contribution in [3.05, 3.63) is 71.8 Å². The summed E-state index contributed by atoms with van der Waals surface area (Å²) in [6, 6.07) is 15.8. The first-order valence-corrected chi connectivity index (χ1v) is 7.87. The van der Waals surface area contributed by atoms with Crippen LogP contribution in [0.5, 0.6) is 0 Å². The van der Waals surface area contributed by atoms with Crippen LogP contribution < -0.4 is 4.90 Å². The molecule has 0 saturated heterocycles. The molecule has 3 heteroatoms. The summed E-state index contributed by atoms with van der Waals surface area (Å²) < 4.78 is 0. The zero-order valence-electron chi connectivity index (χ0n) is 13.3. The van der Waals surface area contributed by atoms with Crippen molar-refractivity contribution in [3.8, 4) is 0 Å². The van der Waals surface area contributed by atoms with Gasteiger partial charge in [-0.15, -0.1) is 0 Å². The Morgan fingerprint density at radius 2 is 1.87 bits per heavy atom. The molecule has 2 heterocycles. The highest BCUT2D eigenvalue weighted by Gasteiger charge is 2.54. The quantitative estimate of drug-likeness (QED) is 0.776. The predicted molar refractivity (Wildman–Crippen MR) is 93.8 cm³/mol. The van der Waals surface area contributed by atoms with Crippen LogP contribution in [0.15, 0.2) is 65.7 Å². The fraction of sp³-hybridized carbons (Fsp3) is 0.200. The lowest BCUT2D eigenvalue weighted by Gasteiger charge is -2.40. The fourth-order valence-electron chi connectivity index (χ4n) is 3.74. The van der Waals surface area contributed by atoms with Gasteiger partial charge in [-0.25, -0.2) is 4.99 Å². The van der Waals surface area contributed by atoms with Gasteiger partial charge in [0.25, 0.3) is 0 Å². The SMILES string of the molecule is C/C=C\C[C@]12C(=O)c3ccccc3N(C)C1=Nc1ccccc12. The maximum atomic E-state index is 13.5. The smallest absolute Gasteiger partial charge is 0.183 e. The number of carbonyl (C=O) groups excluding carboxylic acids is 1. The Bertz CT molecular complexity index is 865. The molecule has 0 saturated carbocycles. The van der Waals surface area contributed by atoms with Crippen molar-refractivity contribution in [1.29, 1.82) is 0 Å². The molecule has 114 valence electrons. The molecule has 4 rings (SSSR count). The standard InChI is InChI=1S/C20H18N2O/c1-3-4-13-20-15-10-6-7-11-16(15)21-19(20)22(2)17-12-8-5-9-14(17)18(20)23/h3-12H,13H2,1-2H3/b4-3-/t20-/m0/s1. The van der Waals surface area contributed by atoms with Gasteiger partial charge in [-0.3, -0.25) is 4.79 Å². The summed E-state index contributed by atoms with van der Waals surface area (Å²) in [4.78, 5) is 20.4. The molecule has 0 amide bonds. The summed E-state index contributed by atoms with van der Waals surface area (Å²) in [6.45, 7) is 1.99. The number of Topliss-reactive ketones (excluding diaryl/α,β-unsaturated/α-hetero) is 1. The second-order valence-corrected chi connectivity index (χ2v) is 6.04. The summed E-state index contributed by atoms with van der Waals surface area (Å²) in [5, 5.41) is 0. The fourth-order valence-corrected chi connectivity index (χ4v) is 3.74. The Morgan fingerprint density at radius 3 is 2.70 bits per heavy atom. The molecule has 0 fully saturated rings. The van der Waals surface area contributed by atoms with Crippen LogP contribution in [0, 0.1) is 0 Å². The van der Waals surface area contributed by atoms with E-state index in [2.05, 4.69) is 11.0 Å². The monoisotopic (exact) mass is 302 g/mol. The number of para-hydroxylation sites is 2. The van der Waals surface area contributed by atoms with Crippen molar-refractivity contribution >= 4 is 23.0 Å². The summed E-state index contributed by atoms with van der Waals surface area (Å²) in [6.07, 6.45) is 4.70. The summed E-state index contributed by atoms with van der Waals surface area (Å²) in [5.41, 5.74) is 2.92. The molecule has 0 spiro atoms. The van der Waals surface area contributed by atoms with Crippen molar-refractivity contribution in [3.63, 3.8) is 0 Å². The van der Waals surface area contributed by atoms with Gasteiger partial charge in [0.15, 0.2) is 5.78 Å². The number of likely N-dealkylation sites (N-methyl/N-ethyl adjacent to an activating group) is 1. The molecule has 2 aliphatic heterocycles. The van der Waals surface area contributed by atoms with Crippen LogP contribution in [0.2, 0.25) is 0 Å². The molecule has 1 atom stereocenters. The number of fused-ring (bicyclic) bond motifs is 4. The van der Waals surface area contributed by atoms with Gasteiger partial charge in [0.05, 0.1) is 11.4 Å². The number of amidine groups is 1. The van der Waals surface area contributed by atoms with Gasteiger partial charge in [-0.05, 0) is 37.1 Å². The van der Waals surface area contributed by atoms with Crippen molar-refractivity contribution in [2.45, 2.75) is 18.8 Å². The molecule has 0 radical (unpaired) electrons. The molecule has 23 heavy (non-hydrogen) atoms. The molecular formula is C20H18N2O. The topological polar surface area (TPSA) is 32.7 Å². The van der Waals surface area contributed by atoms with E-state index in [0.717, 1.165) is 28.3 Å². The Kier molecular flexibility index (Phi) is 2.98. The third kappa shape index (κ3) is 1.70. The molecule has 0 unspecified atom stereocenters. The van der Waals surface area contributed by atoms with Crippen LogP contribution in [-0.2, 0) is 5.41 Å². The Balaban J connectivity index is 2.03. The maximum Gasteiger partial charge on any atom is 0.183 e. The zero-order chi connectivity index (χ0) is 16.0. The number of anilines is 1. The highest BCUT2D eigenvalue weighted by atomic mass is 16.1. The highest BCUT2D eigenvalue weighted by molar-refractivity contribution is 6.32. The summed E-state index contributed by atoms with van der Waals surface area (Å²) >= 11 is 0. The first kappa shape index (κ1) is 13.9. The van der Waals surface area contributed by atoms with Crippen molar-refractivity contribution in [1.82, 2.24) is 0 Å². The molecule has 0 bridgehead atoms. The average Bonchev–Trinajstić information content (AvgIpc) is 2.94. The average molecular weight is 302 g/mol. The largest absolute Gasteiger partial charge is 0.331 e. The third-order valence-electron chi connectivity index (χ3n) is 4.85. The van der Waals surface area contributed by atoms with Gasteiger partial charge in [0.1, 0.15) is 11.3 Å². The van der Waals surface area contributed by atoms with Crippen LogP contribution in [0.25, 0.3) is 0 Å². The lowest BCUT2D eigenvalue weighted by Crippen LogP contribution is -2.52. The van der Waals surface area contributed by atoms with Crippen molar-refractivity contribution < 1.29 is 4.79 Å². The zero-order valence-corrected chi connectivity index (χ0v) is 13.3. The van der Waals surface area contributed by atoms with E-state index in [1.165, 1.54) is 0 Å². The second kappa shape index (κ2) is 4.92. The van der Waals surface area contributed by atoms with Crippen LogP contribution in [0.3, 0.4) is 0 Å². The summed E-state index contributed by atoms with van der Waals surface area (Å²) in [7, 11) is 2.00. The van der Waals surface area contributed by atoms with Gasteiger partial charge < -0.3 is 4.90 Å². The minimum absolute atomic E-state index is 0.146. The van der Waals surface area contributed by atoms with Gasteiger partial charge >= 0.3 is 0 Å². The van der Waals surface area contributed by atoms with E-state index in [1.807, 2.05) is 68.6 Å². The number of hydrogen-bond donors (Lipinski definition) is 0. The lowest BCUT2D eigenvalue weighted by molar-refractivity contribution is 0.0928. The molecule has 0 aromatic heterocycles. The first-order chi connectivity index (χ1) is 11.2. The van der Waals surface area contributed by atoms with Crippen LogP contribution in [0.4, 0.5) is 11.4 Å². The Morgan fingerprint density at radius 1 is 1.13 bits per heavy atom. The molecular weight excluding hydrogens is 284 g/mol. The van der Waals surface area contributed by atoms with Crippen LogP contribution in [-0.4, -0.2) is 18.7 Å². The van der Waals surface area contributed by atoms with Crippen LogP contribution in [0.1, 0.15) is 29.3 Å². The number of allylic oxidation sites excluding steroid dienone is 2. The van der Waals surface area contributed by atoms with E-state index in [-0.39, 0.29) is 5.78 Å². The molecule has 2 aromatic rings. The normalized spacial score (nSPS) is 21.9. The number of rotatable bonds is 2. The number of hydrogen-bond acceptors (Lipinski definition) is 3. The maximum absolute atomic E-state index is 13.5. The number of ketones is 1. The molecule has 2 aliphatic rings. The van der Waals surface area contributed by atoms with E-state index < -0.39 is 5.41 Å².